The molecule has 7 nitrogen and oxygen atoms in total. The number of nitrogens with zero attached hydrogens (tertiary/aromatic N) is 3. The van der Waals surface area contributed by atoms with E-state index < -0.39 is 72.5 Å². The van der Waals surface area contributed by atoms with Crippen LogP contribution in [0.4, 0.5) is 26.7 Å². The van der Waals surface area contributed by atoms with Gasteiger partial charge in [-0.25, -0.2) is 23.6 Å². The van der Waals surface area contributed by atoms with E-state index in [0.29, 0.717) is 0 Å². The van der Waals surface area contributed by atoms with Crippen LogP contribution in [0.1, 0.15) is 61.8 Å². The summed E-state index contributed by atoms with van der Waals surface area (Å²) in [5.41, 5.74) is -2.86. The molecule has 1 amide bonds. The zero-order valence-electron chi connectivity index (χ0n) is 21.1. The van der Waals surface area contributed by atoms with Gasteiger partial charge in [0, 0.05) is 13.1 Å². The fourth-order valence-electron chi connectivity index (χ4n) is 4.08. The van der Waals surface area contributed by atoms with Gasteiger partial charge in [-0.15, -0.1) is 0 Å². The number of carbonyl (C=O) groups excluding carboxylic acids is 2. The molecule has 0 bridgehead atoms. The Bertz CT molecular complexity index is 774. The van der Waals surface area contributed by atoms with Gasteiger partial charge >= 0.3 is 18.2 Å². The van der Waals surface area contributed by atoms with Crippen LogP contribution in [0.2, 0.25) is 0 Å². The Hall–Kier alpha value is -1.69. The van der Waals surface area contributed by atoms with Crippen molar-refractivity contribution in [1.82, 2.24) is 14.9 Å². The van der Waals surface area contributed by atoms with E-state index in [0.717, 1.165) is 14.9 Å². The van der Waals surface area contributed by atoms with E-state index >= 15 is 8.78 Å². The van der Waals surface area contributed by atoms with Crippen LogP contribution in [0.3, 0.4) is 0 Å². The van der Waals surface area contributed by atoms with Gasteiger partial charge in [-0.1, -0.05) is 0 Å². The Kier molecular flexibility index (Phi) is 7.62. The zero-order chi connectivity index (χ0) is 26.5. The number of rotatable bonds is 5. The number of alkyl halides is 5. The van der Waals surface area contributed by atoms with Gasteiger partial charge in [0.2, 0.25) is 0 Å². The molecule has 0 aliphatic carbocycles. The third kappa shape index (κ3) is 7.16. The lowest BCUT2D eigenvalue weighted by molar-refractivity contribution is -0.190. The average Bonchev–Trinajstić information content (AvgIpc) is 3.03. The first-order valence-corrected chi connectivity index (χ1v) is 11.2. The quantitative estimate of drug-likeness (QED) is 0.410. The topological polar surface area (TPSA) is 62.3 Å². The molecular formula is C22H36F5N3O4. The molecule has 2 aliphatic heterocycles. The first-order chi connectivity index (χ1) is 15.0. The van der Waals surface area contributed by atoms with Crippen molar-refractivity contribution in [3.8, 4) is 0 Å². The van der Waals surface area contributed by atoms with E-state index in [1.807, 2.05) is 0 Å². The van der Waals surface area contributed by atoms with Crippen molar-refractivity contribution < 1.29 is 41.0 Å². The summed E-state index contributed by atoms with van der Waals surface area (Å²) in [6.45, 7) is 9.81. The van der Waals surface area contributed by atoms with E-state index in [9.17, 15) is 22.8 Å². The molecule has 2 fully saturated rings. The van der Waals surface area contributed by atoms with Crippen molar-refractivity contribution in [2.75, 3.05) is 26.2 Å². The second-order valence-electron chi connectivity index (χ2n) is 11.6. The molecule has 0 unspecified atom stereocenters. The van der Waals surface area contributed by atoms with Crippen LogP contribution >= 0.6 is 0 Å². The summed E-state index contributed by atoms with van der Waals surface area (Å²) in [6.07, 6.45) is -5.67. The Morgan fingerprint density at radius 2 is 1.47 bits per heavy atom. The Morgan fingerprint density at radius 3 is 1.94 bits per heavy atom. The second-order valence-corrected chi connectivity index (χ2v) is 11.6. The van der Waals surface area contributed by atoms with Crippen molar-refractivity contribution in [2.24, 2.45) is 5.41 Å². The number of fused-ring (bicyclic) bond motifs is 1. The smallest absolute Gasteiger partial charge is 0.410 e. The minimum absolute atomic E-state index is 0.0258. The molecule has 0 N–H and O–H groups in total. The summed E-state index contributed by atoms with van der Waals surface area (Å²) in [5, 5.41) is 1.76. The molecule has 2 rings (SSSR count). The Balaban J connectivity index is 2.29. The number of hydrogen-bond donors (Lipinski definition) is 0. The van der Waals surface area contributed by atoms with E-state index in [4.69, 9.17) is 9.47 Å². The second kappa shape index (κ2) is 9.07. The number of carbonyl (C=O) groups is 2. The van der Waals surface area contributed by atoms with Crippen molar-refractivity contribution in [1.29, 1.82) is 0 Å². The van der Waals surface area contributed by atoms with Crippen LogP contribution in [0, 0.1) is 5.41 Å². The number of halogens is 5. The molecule has 2 saturated heterocycles. The Morgan fingerprint density at radius 1 is 0.941 bits per heavy atom. The minimum atomic E-state index is -4.65. The molecular weight excluding hydrogens is 465 g/mol. The maximum atomic E-state index is 15.1. The van der Waals surface area contributed by atoms with Gasteiger partial charge in [0.25, 0.3) is 5.92 Å². The molecule has 2 atom stereocenters. The third-order valence-electron chi connectivity index (χ3n) is 5.57. The number of hydrazine groups is 1. The molecule has 12 heteroatoms. The fraction of sp³-hybridized carbons (Fsp3) is 0.909. The lowest BCUT2D eigenvalue weighted by Crippen LogP contribution is -2.52. The zero-order valence-corrected chi connectivity index (χ0v) is 21.1. The minimum Gasteiger partial charge on any atom is -0.460 e. The molecule has 0 saturated carbocycles. The molecule has 2 aliphatic rings. The maximum Gasteiger partial charge on any atom is 0.410 e. The standard InChI is InChI=1S/C22H36F5N3O4/c1-18(2,3)33-16(31)20(7,8)9-10-30-15-14(11-28(30)13-22(25,26)27)29(12-21(15,23)24)17(32)34-19(4,5)6/h14-15H,9-13H2,1-8H3/t14-,15+/m1/s1. The van der Waals surface area contributed by atoms with E-state index in [-0.39, 0.29) is 13.0 Å². The fourth-order valence-corrected chi connectivity index (χ4v) is 4.08. The van der Waals surface area contributed by atoms with Crippen LogP contribution in [0.15, 0.2) is 0 Å². The number of likely N-dealkylation sites (tertiary alicyclic amines) is 1. The van der Waals surface area contributed by atoms with E-state index in [2.05, 4.69) is 0 Å². The summed E-state index contributed by atoms with van der Waals surface area (Å²) >= 11 is 0. The summed E-state index contributed by atoms with van der Waals surface area (Å²) < 4.78 is 80.7. The first-order valence-electron chi connectivity index (χ1n) is 11.2. The first kappa shape index (κ1) is 28.5. The van der Waals surface area contributed by atoms with Crippen LogP contribution in [-0.2, 0) is 14.3 Å². The molecule has 0 aromatic heterocycles. The molecule has 0 aromatic rings. The number of esters is 1. The van der Waals surface area contributed by atoms with Gasteiger partial charge in [0.15, 0.2) is 0 Å². The van der Waals surface area contributed by atoms with Crippen molar-refractivity contribution in [2.45, 2.75) is 97.2 Å². The van der Waals surface area contributed by atoms with Crippen LogP contribution in [-0.4, -0.2) is 88.5 Å². The average molecular weight is 502 g/mol. The number of hydrogen-bond acceptors (Lipinski definition) is 6. The van der Waals surface area contributed by atoms with E-state index in [1.165, 1.54) is 0 Å². The molecule has 0 radical (unpaired) electrons. The van der Waals surface area contributed by atoms with Gasteiger partial charge in [-0.05, 0) is 61.8 Å². The highest BCUT2D eigenvalue weighted by Gasteiger charge is 2.64. The summed E-state index contributed by atoms with van der Waals surface area (Å²) in [7, 11) is 0. The SMILES string of the molecule is CC(C)(C)OC(=O)N1CC(F)(F)[C@@H]2[C@H]1CN(CC(F)(F)F)N2CCC(C)(C)C(=O)OC(C)(C)C. The maximum absolute atomic E-state index is 15.1. The van der Waals surface area contributed by atoms with Gasteiger partial charge in [0.05, 0.1) is 18.0 Å². The molecule has 198 valence electrons. The van der Waals surface area contributed by atoms with Crippen LogP contribution in [0.25, 0.3) is 0 Å². The molecule has 34 heavy (non-hydrogen) atoms. The van der Waals surface area contributed by atoms with Gasteiger partial charge in [0.1, 0.15) is 23.8 Å². The van der Waals surface area contributed by atoms with Crippen LogP contribution in [0.5, 0.6) is 0 Å². The summed E-state index contributed by atoms with van der Waals surface area (Å²) in [6, 6.07) is -2.87. The number of ether oxygens (including phenoxy) is 2. The van der Waals surface area contributed by atoms with Crippen molar-refractivity contribution in [3.05, 3.63) is 0 Å². The highest BCUT2D eigenvalue weighted by molar-refractivity contribution is 5.76. The largest absolute Gasteiger partial charge is 0.460 e. The predicted molar refractivity (Wildman–Crippen MR) is 114 cm³/mol. The summed E-state index contributed by atoms with van der Waals surface area (Å²) in [4.78, 5) is 26.0. The third-order valence-corrected chi connectivity index (χ3v) is 5.57. The molecule has 2 heterocycles. The van der Waals surface area contributed by atoms with Crippen molar-refractivity contribution >= 4 is 12.1 Å². The van der Waals surface area contributed by atoms with E-state index in [1.54, 1.807) is 55.4 Å². The lowest BCUT2D eigenvalue weighted by atomic mass is 9.89. The van der Waals surface area contributed by atoms with Gasteiger partial charge in [-0.3, -0.25) is 9.69 Å². The van der Waals surface area contributed by atoms with Gasteiger partial charge in [-0.2, -0.15) is 13.2 Å². The van der Waals surface area contributed by atoms with Crippen LogP contribution < -0.4 is 0 Å². The lowest BCUT2D eigenvalue weighted by Gasteiger charge is -2.36. The Labute approximate surface area is 197 Å². The molecule has 0 aromatic carbocycles. The highest BCUT2D eigenvalue weighted by atomic mass is 19.4. The highest BCUT2D eigenvalue weighted by Crippen LogP contribution is 2.43. The van der Waals surface area contributed by atoms with Crippen molar-refractivity contribution in [3.63, 3.8) is 0 Å². The number of amides is 1. The van der Waals surface area contributed by atoms with Gasteiger partial charge < -0.3 is 9.47 Å². The monoisotopic (exact) mass is 501 g/mol. The summed E-state index contributed by atoms with van der Waals surface area (Å²) in [5.74, 6) is -4.05. The molecule has 0 spiro atoms. The predicted octanol–water partition coefficient (Wildman–Crippen LogP) is 4.46. The normalized spacial score (nSPS) is 24.3.